The smallest absolute Gasteiger partial charge is 0.193 e. The molecule has 0 fully saturated rings. The van der Waals surface area contributed by atoms with E-state index < -0.39 is 0 Å². The second-order valence-corrected chi connectivity index (χ2v) is 5.06. The first-order chi connectivity index (χ1) is 10.8. The lowest BCUT2D eigenvalue weighted by atomic mass is 10.1. The molecule has 0 aliphatic rings. The number of rotatable bonds is 7. The third-order valence-corrected chi connectivity index (χ3v) is 3.36. The third kappa shape index (κ3) is 7.36. The molecule has 2 aromatic rings. The third-order valence-electron chi connectivity index (χ3n) is 3.36. The van der Waals surface area contributed by atoms with E-state index in [1.54, 1.807) is 7.11 Å². The molecular weight excluding hydrogens is 401 g/mol. The summed E-state index contributed by atoms with van der Waals surface area (Å²) in [7, 11) is 1.68. The molecule has 0 atom stereocenters. The Kier molecular flexibility index (Phi) is 9.12. The molecule has 4 nitrogen and oxygen atoms in total. The molecule has 3 N–H and O–H groups in total. The van der Waals surface area contributed by atoms with Gasteiger partial charge in [-0.15, -0.1) is 24.0 Å². The largest absolute Gasteiger partial charge is 0.497 e. The normalized spacial score (nSPS) is 10.7. The zero-order valence-electron chi connectivity index (χ0n) is 13.4. The van der Waals surface area contributed by atoms with Gasteiger partial charge in [-0.3, -0.25) is 4.99 Å². The Morgan fingerprint density at radius 3 is 2.39 bits per heavy atom. The van der Waals surface area contributed by atoms with Crippen LogP contribution in [0.15, 0.2) is 59.6 Å². The number of para-hydroxylation sites is 1. The fourth-order valence-corrected chi connectivity index (χ4v) is 2.14. The highest BCUT2D eigenvalue weighted by molar-refractivity contribution is 14.0. The van der Waals surface area contributed by atoms with Crippen molar-refractivity contribution in [2.75, 3.05) is 19.0 Å². The van der Waals surface area contributed by atoms with E-state index in [4.69, 9.17) is 10.5 Å². The van der Waals surface area contributed by atoms with Crippen LogP contribution in [0.5, 0.6) is 5.75 Å². The molecule has 0 aliphatic carbocycles. The van der Waals surface area contributed by atoms with E-state index in [9.17, 15) is 0 Å². The van der Waals surface area contributed by atoms with Crippen molar-refractivity contribution in [3.63, 3.8) is 0 Å². The highest BCUT2D eigenvalue weighted by Crippen LogP contribution is 2.13. The molecule has 2 rings (SSSR count). The molecule has 0 aromatic heterocycles. The van der Waals surface area contributed by atoms with Crippen molar-refractivity contribution >= 4 is 35.6 Å². The highest BCUT2D eigenvalue weighted by Gasteiger charge is 1.96. The molecule has 124 valence electrons. The number of nitrogens with two attached hydrogens (primary N) is 1. The van der Waals surface area contributed by atoms with E-state index in [-0.39, 0.29) is 24.0 Å². The van der Waals surface area contributed by atoms with Gasteiger partial charge in [0.15, 0.2) is 5.96 Å². The monoisotopic (exact) mass is 425 g/mol. The molecule has 23 heavy (non-hydrogen) atoms. The van der Waals surface area contributed by atoms with Crippen molar-refractivity contribution in [1.82, 2.24) is 0 Å². The van der Waals surface area contributed by atoms with Crippen LogP contribution in [-0.4, -0.2) is 19.6 Å². The van der Waals surface area contributed by atoms with Gasteiger partial charge in [0.25, 0.3) is 0 Å². The molecule has 0 heterocycles. The van der Waals surface area contributed by atoms with Crippen molar-refractivity contribution in [2.45, 2.75) is 19.3 Å². The molecule has 5 heteroatoms. The van der Waals surface area contributed by atoms with Crippen LogP contribution in [0.1, 0.15) is 18.4 Å². The van der Waals surface area contributed by atoms with Crippen LogP contribution in [0.2, 0.25) is 0 Å². The number of ether oxygens (including phenoxy) is 1. The minimum absolute atomic E-state index is 0. The van der Waals surface area contributed by atoms with E-state index in [1.165, 1.54) is 5.56 Å². The number of benzene rings is 2. The fraction of sp³-hybridized carbons (Fsp3) is 0.278. The SMILES string of the molecule is COc1ccc(CCCCN=C(N)Nc2ccccc2)cc1.I. The van der Waals surface area contributed by atoms with Crippen molar-refractivity contribution in [3.05, 3.63) is 60.2 Å². The van der Waals surface area contributed by atoms with Crippen molar-refractivity contribution in [1.29, 1.82) is 0 Å². The number of nitrogens with one attached hydrogen (secondary N) is 1. The summed E-state index contributed by atoms with van der Waals surface area (Å²) < 4.78 is 5.15. The second kappa shape index (κ2) is 10.9. The number of nitrogens with zero attached hydrogens (tertiary/aromatic N) is 1. The Hall–Kier alpha value is -1.76. The number of halogens is 1. The number of methoxy groups -OCH3 is 1. The number of hydrogen-bond acceptors (Lipinski definition) is 2. The molecule has 0 spiro atoms. The van der Waals surface area contributed by atoms with Gasteiger partial charge in [0.1, 0.15) is 5.75 Å². The van der Waals surface area contributed by atoms with Gasteiger partial charge < -0.3 is 15.8 Å². The Balaban J connectivity index is 0.00000264. The molecule has 0 amide bonds. The summed E-state index contributed by atoms with van der Waals surface area (Å²) in [4.78, 5) is 4.34. The predicted octanol–water partition coefficient (Wildman–Crippen LogP) is 4.06. The second-order valence-electron chi connectivity index (χ2n) is 5.06. The lowest BCUT2D eigenvalue weighted by Crippen LogP contribution is -2.22. The van der Waals surface area contributed by atoms with Crippen molar-refractivity contribution < 1.29 is 4.74 Å². The van der Waals surface area contributed by atoms with E-state index in [0.717, 1.165) is 37.2 Å². The Labute approximate surface area is 155 Å². The van der Waals surface area contributed by atoms with Crippen LogP contribution >= 0.6 is 24.0 Å². The molecule has 0 saturated carbocycles. The first kappa shape index (κ1) is 19.3. The summed E-state index contributed by atoms with van der Waals surface area (Å²) in [6, 6.07) is 18.0. The van der Waals surface area contributed by atoms with E-state index in [0.29, 0.717) is 5.96 Å². The highest BCUT2D eigenvalue weighted by atomic mass is 127. The quantitative estimate of drug-likeness (QED) is 0.305. The number of aryl methyl sites for hydroxylation is 1. The van der Waals surface area contributed by atoms with E-state index >= 15 is 0 Å². The summed E-state index contributed by atoms with van der Waals surface area (Å²) in [6.45, 7) is 0.738. The lowest BCUT2D eigenvalue weighted by molar-refractivity contribution is 0.414. The first-order valence-electron chi connectivity index (χ1n) is 7.53. The molecule has 0 saturated heterocycles. The van der Waals surface area contributed by atoms with E-state index in [1.807, 2.05) is 42.5 Å². The Morgan fingerprint density at radius 1 is 1.04 bits per heavy atom. The number of unbranched alkanes of at least 4 members (excludes halogenated alkanes) is 1. The summed E-state index contributed by atoms with van der Waals surface area (Å²) in [5.41, 5.74) is 8.14. The van der Waals surface area contributed by atoms with Crippen LogP contribution in [0.25, 0.3) is 0 Å². The summed E-state index contributed by atoms with van der Waals surface area (Å²) in [5, 5.41) is 3.08. The Bertz CT molecular complexity index is 585. The summed E-state index contributed by atoms with van der Waals surface area (Å²) in [6.07, 6.45) is 3.16. The van der Waals surface area contributed by atoms with Gasteiger partial charge >= 0.3 is 0 Å². The standard InChI is InChI=1S/C18H23N3O.HI/c1-22-17-12-10-15(11-13-17)7-5-6-14-20-18(19)21-16-8-3-2-4-9-16;/h2-4,8-13H,5-7,14H2,1H3,(H3,19,20,21);1H. The predicted molar refractivity (Wildman–Crippen MR) is 108 cm³/mol. The molecular formula is C18H24IN3O. The average molecular weight is 425 g/mol. The fourth-order valence-electron chi connectivity index (χ4n) is 2.14. The van der Waals surface area contributed by atoms with Gasteiger partial charge in [0, 0.05) is 12.2 Å². The molecule has 2 aromatic carbocycles. The zero-order valence-corrected chi connectivity index (χ0v) is 15.7. The van der Waals surface area contributed by atoms with Gasteiger partial charge in [-0.1, -0.05) is 30.3 Å². The van der Waals surface area contributed by atoms with Crippen LogP contribution in [-0.2, 0) is 6.42 Å². The zero-order chi connectivity index (χ0) is 15.6. The average Bonchev–Trinajstić information content (AvgIpc) is 2.56. The van der Waals surface area contributed by atoms with Crippen molar-refractivity contribution in [3.8, 4) is 5.75 Å². The first-order valence-corrected chi connectivity index (χ1v) is 7.53. The molecule has 0 radical (unpaired) electrons. The van der Waals surface area contributed by atoms with Gasteiger partial charge in [0.05, 0.1) is 7.11 Å². The maximum absolute atomic E-state index is 5.86. The Morgan fingerprint density at radius 2 is 1.74 bits per heavy atom. The van der Waals surface area contributed by atoms with Gasteiger partial charge in [-0.25, -0.2) is 0 Å². The van der Waals surface area contributed by atoms with Gasteiger partial charge in [0.2, 0.25) is 0 Å². The van der Waals surface area contributed by atoms with Crippen LogP contribution in [0.3, 0.4) is 0 Å². The summed E-state index contributed by atoms with van der Waals surface area (Å²) >= 11 is 0. The lowest BCUT2D eigenvalue weighted by Gasteiger charge is -2.05. The molecule has 0 bridgehead atoms. The number of aliphatic imine (C=N–C) groups is 1. The number of hydrogen-bond donors (Lipinski definition) is 2. The summed E-state index contributed by atoms with van der Waals surface area (Å²) in [5.74, 6) is 1.36. The van der Waals surface area contributed by atoms with E-state index in [2.05, 4.69) is 22.4 Å². The van der Waals surface area contributed by atoms with Crippen LogP contribution < -0.4 is 15.8 Å². The maximum atomic E-state index is 5.86. The van der Waals surface area contributed by atoms with Gasteiger partial charge in [-0.05, 0) is 49.1 Å². The van der Waals surface area contributed by atoms with Crippen LogP contribution in [0.4, 0.5) is 5.69 Å². The van der Waals surface area contributed by atoms with Gasteiger partial charge in [-0.2, -0.15) is 0 Å². The van der Waals surface area contributed by atoms with Crippen molar-refractivity contribution in [2.24, 2.45) is 10.7 Å². The number of guanidine groups is 1. The van der Waals surface area contributed by atoms with Crippen LogP contribution in [0, 0.1) is 0 Å². The molecule has 0 aliphatic heterocycles. The topological polar surface area (TPSA) is 59.6 Å². The number of anilines is 1. The minimum Gasteiger partial charge on any atom is -0.497 e. The minimum atomic E-state index is 0. The molecule has 0 unspecified atom stereocenters. The maximum Gasteiger partial charge on any atom is 0.193 e.